The van der Waals surface area contributed by atoms with Crippen molar-refractivity contribution in [3.05, 3.63) is 83.9 Å². The molecule has 3 aromatic carbocycles. The fraction of sp³-hybridized carbons (Fsp3) is 0.200. The van der Waals surface area contributed by atoms with Crippen LogP contribution in [-0.2, 0) is 11.2 Å². The molecule has 0 aromatic heterocycles. The molecular formula is C25H26N2O3. The van der Waals surface area contributed by atoms with Crippen molar-refractivity contribution in [1.82, 2.24) is 0 Å². The third-order valence-electron chi connectivity index (χ3n) is 4.81. The first-order valence-electron chi connectivity index (χ1n) is 10.1. The first-order valence-corrected chi connectivity index (χ1v) is 10.1. The predicted molar refractivity (Wildman–Crippen MR) is 121 cm³/mol. The molecule has 0 heterocycles. The number of hydrogen-bond donors (Lipinski definition) is 1. The van der Waals surface area contributed by atoms with Crippen LogP contribution in [0, 0.1) is 0 Å². The second-order valence-corrected chi connectivity index (χ2v) is 6.85. The lowest BCUT2D eigenvalue weighted by molar-refractivity contribution is -0.115. The van der Waals surface area contributed by atoms with Gasteiger partial charge in [-0.05, 0) is 43.7 Å². The summed E-state index contributed by atoms with van der Waals surface area (Å²) in [5, 5.41) is 2.90. The highest BCUT2D eigenvalue weighted by atomic mass is 16.5. The zero-order chi connectivity index (χ0) is 21.3. The van der Waals surface area contributed by atoms with Gasteiger partial charge in [0.2, 0.25) is 5.91 Å². The van der Waals surface area contributed by atoms with Crippen LogP contribution in [0.4, 0.5) is 11.4 Å². The van der Waals surface area contributed by atoms with E-state index < -0.39 is 0 Å². The van der Waals surface area contributed by atoms with Crippen LogP contribution in [0.25, 0.3) is 0 Å². The second kappa shape index (κ2) is 10.3. The minimum absolute atomic E-state index is 0.101. The Kier molecular flexibility index (Phi) is 7.22. The summed E-state index contributed by atoms with van der Waals surface area (Å²) < 4.78 is 6.01. The average Bonchev–Trinajstić information content (AvgIpc) is 2.76. The summed E-state index contributed by atoms with van der Waals surface area (Å²) in [6.07, 6.45) is 1.08. The number of rotatable bonds is 9. The highest BCUT2D eigenvalue weighted by Crippen LogP contribution is 2.30. The Morgan fingerprint density at radius 1 is 0.967 bits per heavy atom. The van der Waals surface area contributed by atoms with E-state index in [-0.39, 0.29) is 5.91 Å². The number of nitrogens with zero attached hydrogens (tertiary/aromatic N) is 1. The SMILES string of the molecule is CCN(CC)c1ccc(C=O)c(Oc2cccc(NC(=O)Cc3ccccc3)c2)c1. The normalized spacial score (nSPS) is 10.3. The predicted octanol–water partition coefficient (Wildman–Crippen LogP) is 5.32. The molecule has 5 nitrogen and oxygen atoms in total. The summed E-state index contributed by atoms with van der Waals surface area (Å²) in [7, 11) is 0. The zero-order valence-electron chi connectivity index (χ0n) is 17.3. The van der Waals surface area contributed by atoms with Crippen molar-refractivity contribution in [3.8, 4) is 11.5 Å². The highest BCUT2D eigenvalue weighted by molar-refractivity contribution is 5.92. The summed E-state index contributed by atoms with van der Waals surface area (Å²) in [6, 6.07) is 22.3. The molecule has 1 N–H and O–H groups in total. The lowest BCUT2D eigenvalue weighted by atomic mass is 10.1. The van der Waals surface area contributed by atoms with Crippen LogP contribution < -0.4 is 15.0 Å². The Morgan fingerprint density at radius 2 is 1.73 bits per heavy atom. The van der Waals surface area contributed by atoms with Gasteiger partial charge >= 0.3 is 0 Å². The molecule has 0 unspecified atom stereocenters. The standard InChI is InChI=1S/C25H26N2O3/c1-3-27(4-2)22-14-13-20(18-28)24(17-22)30-23-12-8-11-21(16-23)26-25(29)15-19-9-6-5-7-10-19/h5-14,16-18H,3-4,15H2,1-2H3,(H,26,29). The van der Waals surface area contributed by atoms with Crippen LogP contribution in [-0.4, -0.2) is 25.3 Å². The molecule has 0 saturated heterocycles. The molecule has 0 bridgehead atoms. The summed E-state index contributed by atoms with van der Waals surface area (Å²) in [6.45, 7) is 5.89. The van der Waals surface area contributed by atoms with Gasteiger partial charge in [-0.2, -0.15) is 0 Å². The molecule has 0 fully saturated rings. The summed E-state index contributed by atoms with van der Waals surface area (Å²) >= 11 is 0. The minimum Gasteiger partial charge on any atom is -0.456 e. The average molecular weight is 402 g/mol. The number of carbonyl (C=O) groups excluding carboxylic acids is 2. The zero-order valence-corrected chi connectivity index (χ0v) is 17.3. The van der Waals surface area contributed by atoms with E-state index in [1.807, 2.05) is 54.6 Å². The van der Waals surface area contributed by atoms with E-state index in [0.717, 1.165) is 30.6 Å². The van der Waals surface area contributed by atoms with E-state index >= 15 is 0 Å². The molecule has 3 rings (SSSR count). The fourth-order valence-corrected chi connectivity index (χ4v) is 3.25. The fourth-order valence-electron chi connectivity index (χ4n) is 3.25. The summed E-state index contributed by atoms with van der Waals surface area (Å²) in [4.78, 5) is 26.0. The number of carbonyl (C=O) groups is 2. The molecule has 5 heteroatoms. The molecule has 0 radical (unpaired) electrons. The van der Waals surface area contributed by atoms with Gasteiger partial charge in [-0.15, -0.1) is 0 Å². The summed E-state index contributed by atoms with van der Waals surface area (Å²) in [5.74, 6) is 0.935. The lowest BCUT2D eigenvalue weighted by Gasteiger charge is -2.22. The second-order valence-electron chi connectivity index (χ2n) is 6.85. The van der Waals surface area contributed by atoms with E-state index in [1.165, 1.54) is 0 Å². The van der Waals surface area contributed by atoms with E-state index in [9.17, 15) is 9.59 Å². The number of aldehydes is 1. The molecule has 0 atom stereocenters. The monoisotopic (exact) mass is 402 g/mol. The Morgan fingerprint density at radius 3 is 2.43 bits per heavy atom. The van der Waals surface area contributed by atoms with Crippen LogP contribution in [0.15, 0.2) is 72.8 Å². The van der Waals surface area contributed by atoms with E-state index in [1.54, 1.807) is 18.2 Å². The number of nitrogens with one attached hydrogen (secondary N) is 1. The van der Waals surface area contributed by atoms with Crippen molar-refractivity contribution in [2.24, 2.45) is 0 Å². The minimum atomic E-state index is -0.101. The van der Waals surface area contributed by atoms with Gasteiger partial charge in [0.1, 0.15) is 11.5 Å². The van der Waals surface area contributed by atoms with Gasteiger partial charge in [0.25, 0.3) is 0 Å². The van der Waals surface area contributed by atoms with Gasteiger partial charge in [-0.3, -0.25) is 9.59 Å². The summed E-state index contributed by atoms with van der Waals surface area (Å²) in [5.41, 5.74) is 3.06. The smallest absolute Gasteiger partial charge is 0.228 e. The van der Waals surface area contributed by atoms with E-state index in [0.29, 0.717) is 29.2 Å². The number of benzene rings is 3. The Bertz CT molecular complexity index is 998. The topological polar surface area (TPSA) is 58.6 Å². The van der Waals surface area contributed by atoms with Crippen LogP contribution >= 0.6 is 0 Å². The maximum absolute atomic E-state index is 12.3. The number of anilines is 2. The van der Waals surface area contributed by atoms with Gasteiger partial charge < -0.3 is 15.0 Å². The Hall–Kier alpha value is -3.60. The van der Waals surface area contributed by atoms with Crippen molar-refractivity contribution in [3.63, 3.8) is 0 Å². The van der Waals surface area contributed by atoms with Crippen LogP contribution in [0.2, 0.25) is 0 Å². The molecule has 0 aliphatic rings. The molecule has 0 aliphatic carbocycles. The van der Waals surface area contributed by atoms with Gasteiger partial charge in [-0.25, -0.2) is 0 Å². The number of ether oxygens (including phenoxy) is 1. The third kappa shape index (κ3) is 5.47. The van der Waals surface area contributed by atoms with Crippen molar-refractivity contribution < 1.29 is 14.3 Å². The van der Waals surface area contributed by atoms with E-state index in [4.69, 9.17) is 4.74 Å². The van der Waals surface area contributed by atoms with Crippen LogP contribution in [0.3, 0.4) is 0 Å². The van der Waals surface area contributed by atoms with E-state index in [2.05, 4.69) is 24.1 Å². The van der Waals surface area contributed by atoms with Crippen molar-refractivity contribution in [2.45, 2.75) is 20.3 Å². The molecule has 1 amide bonds. The lowest BCUT2D eigenvalue weighted by Crippen LogP contribution is -2.21. The van der Waals surface area contributed by atoms with Gasteiger partial charge in [0.15, 0.2) is 6.29 Å². The van der Waals surface area contributed by atoms with Crippen LogP contribution in [0.5, 0.6) is 11.5 Å². The molecule has 154 valence electrons. The molecule has 0 spiro atoms. The molecule has 0 aliphatic heterocycles. The Labute approximate surface area is 177 Å². The maximum atomic E-state index is 12.3. The van der Waals surface area contributed by atoms with Gasteiger partial charge in [-0.1, -0.05) is 36.4 Å². The third-order valence-corrected chi connectivity index (χ3v) is 4.81. The molecular weight excluding hydrogens is 376 g/mol. The molecule has 3 aromatic rings. The van der Waals surface area contributed by atoms with Crippen molar-refractivity contribution >= 4 is 23.6 Å². The number of amides is 1. The first kappa shape index (κ1) is 21.1. The number of hydrogen-bond acceptors (Lipinski definition) is 4. The molecule has 0 saturated carbocycles. The first-order chi connectivity index (χ1) is 14.6. The van der Waals surface area contributed by atoms with Crippen LogP contribution in [0.1, 0.15) is 29.8 Å². The quantitative estimate of drug-likeness (QED) is 0.492. The van der Waals surface area contributed by atoms with Crippen molar-refractivity contribution in [1.29, 1.82) is 0 Å². The van der Waals surface area contributed by atoms with Gasteiger partial charge in [0.05, 0.1) is 12.0 Å². The highest BCUT2D eigenvalue weighted by Gasteiger charge is 2.11. The molecule has 30 heavy (non-hydrogen) atoms. The largest absolute Gasteiger partial charge is 0.456 e. The van der Waals surface area contributed by atoms with Crippen molar-refractivity contribution in [2.75, 3.05) is 23.3 Å². The maximum Gasteiger partial charge on any atom is 0.228 e. The Balaban J connectivity index is 1.75. The van der Waals surface area contributed by atoms with Gasteiger partial charge in [0, 0.05) is 36.6 Å².